The molecule has 1 aromatic carbocycles. The standard InChI is InChI=1S/C21H23N3O4S/c1-12-7-18(13(2)24(12)15-5-6-15)19(25)11-29-21-23-22-20(28-21)14-8-16(26-3)10-17(9-14)27-4/h7-10,15H,5-6,11H2,1-4H3. The van der Waals surface area contributed by atoms with Gasteiger partial charge in [-0.15, -0.1) is 10.2 Å². The Morgan fingerprint density at radius 1 is 1.14 bits per heavy atom. The molecule has 8 heteroatoms. The second-order valence-electron chi connectivity index (χ2n) is 7.07. The van der Waals surface area contributed by atoms with Crippen molar-refractivity contribution in [3.05, 3.63) is 41.2 Å². The Labute approximate surface area is 173 Å². The minimum Gasteiger partial charge on any atom is -0.497 e. The molecule has 29 heavy (non-hydrogen) atoms. The van der Waals surface area contributed by atoms with Crippen molar-refractivity contribution in [2.75, 3.05) is 20.0 Å². The summed E-state index contributed by atoms with van der Waals surface area (Å²) >= 11 is 1.25. The molecule has 0 radical (unpaired) electrons. The molecule has 1 fully saturated rings. The van der Waals surface area contributed by atoms with Gasteiger partial charge >= 0.3 is 0 Å². The lowest BCUT2D eigenvalue weighted by molar-refractivity contribution is 0.102. The zero-order valence-corrected chi connectivity index (χ0v) is 17.7. The van der Waals surface area contributed by atoms with Crippen LogP contribution < -0.4 is 9.47 Å². The fraction of sp³-hybridized carbons (Fsp3) is 0.381. The van der Waals surface area contributed by atoms with E-state index in [2.05, 4.69) is 21.7 Å². The van der Waals surface area contributed by atoms with Gasteiger partial charge < -0.3 is 18.5 Å². The van der Waals surface area contributed by atoms with Crippen molar-refractivity contribution in [3.8, 4) is 23.0 Å². The van der Waals surface area contributed by atoms with E-state index in [1.54, 1.807) is 32.4 Å². The highest BCUT2D eigenvalue weighted by Crippen LogP contribution is 2.38. The summed E-state index contributed by atoms with van der Waals surface area (Å²) in [5.41, 5.74) is 3.66. The molecule has 0 unspecified atom stereocenters. The van der Waals surface area contributed by atoms with Crippen LogP contribution in [0.4, 0.5) is 0 Å². The zero-order chi connectivity index (χ0) is 20.5. The number of nitrogens with zero attached hydrogens (tertiary/aromatic N) is 3. The van der Waals surface area contributed by atoms with Gasteiger partial charge in [-0.2, -0.15) is 0 Å². The molecule has 7 nitrogen and oxygen atoms in total. The van der Waals surface area contributed by atoms with Gasteiger partial charge in [-0.25, -0.2) is 0 Å². The molecule has 2 aromatic heterocycles. The molecule has 0 atom stereocenters. The van der Waals surface area contributed by atoms with E-state index in [9.17, 15) is 4.79 Å². The smallest absolute Gasteiger partial charge is 0.277 e. The lowest BCUT2D eigenvalue weighted by Gasteiger charge is -2.07. The Morgan fingerprint density at radius 3 is 2.45 bits per heavy atom. The number of rotatable bonds is 8. The van der Waals surface area contributed by atoms with Crippen LogP contribution in [0, 0.1) is 13.8 Å². The first kappa shape index (κ1) is 19.6. The summed E-state index contributed by atoms with van der Waals surface area (Å²) in [6, 6.07) is 7.90. The molecule has 2 heterocycles. The molecule has 1 aliphatic carbocycles. The minimum atomic E-state index is 0.0674. The van der Waals surface area contributed by atoms with Gasteiger partial charge in [0, 0.05) is 34.6 Å². The molecular formula is C21H23N3O4S. The van der Waals surface area contributed by atoms with Gasteiger partial charge in [-0.1, -0.05) is 11.8 Å². The number of benzene rings is 1. The van der Waals surface area contributed by atoms with Crippen molar-refractivity contribution in [2.24, 2.45) is 0 Å². The summed E-state index contributed by atoms with van der Waals surface area (Å²) in [5, 5.41) is 8.50. The molecule has 0 spiro atoms. The second kappa shape index (κ2) is 7.94. The number of methoxy groups -OCH3 is 2. The quantitative estimate of drug-likeness (QED) is 0.398. The SMILES string of the molecule is COc1cc(OC)cc(-c2nnc(SCC(=O)c3cc(C)n(C4CC4)c3C)o2)c1. The molecule has 0 bridgehead atoms. The first-order chi connectivity index (χ1) is 14.0. The molecule has 0 N–H and O–H groups in total. The number of thioether (sulfide) groups is 1. The Bertz CT molecular complexity index is 1030. The van der Waals surface area contributed by atoms with Crippen molar-refractivity contribution in [2.45, 2.75) is 38.0 Å². The van der Waals surface area contributed by atoms with E-state index in [-0.39, 0.29) is 11.5 Å². The minimum absolute atomic E-state index is 0.0674. The van der Waals surface area contributed by atoms with Gasteiger partial charge in [0.15, 0.2) is 5.78 Å². The summed E-state index contributed by atoms with van der Waals surface area (Å²) in [6.07, 6.45) is 2.39. The maximum absolute atomic E-state index is 12.7. The lowest BCUT2D eigenvalue weighted by atomic mass is 10.2. The number of hydrogen-bond donors (Lipinski definition) is 0. The molecule has 0 aliphatic heterocycles. The van der Waals surface area contributed by atoms with Crippen molar-refractivity contribution in [1.29, 1.82) is 0 Å². The first-order valence-corrected chi connectivity index (χ1v) is 10.4. The molecule has 3 aromatic rings. The molecular weight excluding hydrogens is 390 g/mol. The summed E-state index contributed by atoms with van der Waals surface area (Å²) in [7, 11) is 3.17. The fourth-order valence-electron chi connectivity index (χ4n) is 3.47. The number of carbonyl (C=O) groups excluding carboxylic acids is 1. The van der Waals surface area contributed by atoms with Gasteiger partial charge in [-0.05, 0) is 44.9 Å². The first-order valence-electron chi connectivity index (χ1n) is 9.41. The van der Waals surface area contributed by atoms with Crippen LogP contribution in [0.15, 0.2) is 33.9 Å². The number of aromatic nitrogens is 3. The van der Waals surface area contributed by atoms with E-state index < -0.39 is 0 Å². The van der Waals surface area contributed by atoms with Gasteiger partial charge in [0.05, 0.1) is 20.0 Å². The normalized spacial score (nSPS) is 13.5. The lowest BCUT2D eigenvalue weighted by Crippen LogP contribution is -2.05. The predicted octanol–water partition coefficient (Wildman–Crippen LogP) is 4.48. The Hall–Kier alpha value is -2.74. The van der Waals surface area contributed by atoms with E-state index in [0.717, 1.165) is 17.0 Å². The summed E-state index contributed by atoms with van der Waals surface area (Å²) in [4.78, 5) is 12.7. The third-order valence-corrected chi connectivity index (χ3v) is 5.85. The average Bonchev–Trinajstić information content (AvgIpc) is 3.36. The van der Waals surface area contributed by atoms with Crippen LogP contribution in [0.2, 0.25) is 0 Å². The number of ketones is 1. The zero-order valence-electron chi connectivity index (χ0n) is 16.9. The number of ether oxygens (including phenoxy) is 2. The molecule has 0 saturated heterocycles. The fourth-order valence-corrected chi connectivity index (χ4v) is 4.12. The second-order valence-corrected chi connectivity index (χ2v) is 8.00. The molecule has 0 amide bonds. The Kier molecular flexibility index (Phi) is 5.36. The maximum Gasteiger partial charge on any atom is 0.277 e. The number of aryl methyl sites for hydroxylation is 1. The van der Waals surface area contributed by atoms with E-state index in [1.165, 1.54) is 24.6 Å². The highest BCUT2D eigenvalue weighted by Gasteiger charge is 2.28. The number of hydrogen-bond acceptors (Lipinski definition) is 7. The van der Waals surface area contributed by atoms with Crippen molar-refractivity contribution < 1.29 is 18.7 Å². The third-order valence-electron chi connectivity index (χ3n) is 5.03. The van der Waals surface area contributed by atoms with Crippen LogP contribution in [0.25, 0.3) is 11.5 Å². The van der Waals surface area contributed by atoms with Crippen LogP contribution in [-0.4, -0.2) is 40.5 Å². The van der Waals surface area contributed by atoms with E-state index in [0.29, 0.717) is 34.2 Å². The Morgan fingerprint density at radius 2 is 1.83 bits per heavy atom. The summed E-state index contributed by atoms with van der Waals surface area (Å²) in [5.74, 6) is 1.93. The number of Topliss-reactive ketones (excluding diaryl/α,β-unsaturated/α-hetero) is 1. The van der Waals surface area contributed by atoms with Crippen LogP contribution in [0.5, 0.6) is 11.5 Å². The van der Waals surface area contributed by atoms with Gasteiger partial charge in [0.25, 0.3) is 5.22 Å². The van der Waals surface area contributed by atoms with Gasteiger partial charge in [0.2, 0.25) is 5.89 Å². The van der Waals surface area contributed by atoms with Crippen LogP contribution in [-0.2, 0) is 0 Å². The van der Waals surface area contributed by atoms with E-state index in [1.807, 2.05) is 13.0 Å². The predicted molar refractivity (Wildman–Crippen MR) is 110 cm³/mol. The van der Waals surface area contributed by atoms with Crippen molar-refractivity contribution >= 4 is 17.5 Å². The molecule has 1 aliphatic rings. The topological polar surface area (TPSA) is 79.4 Å². The highest BCUT2D eigenvalue weighted by atomic mass is 32.2. The maximum atomic E-state index is 12.7. The third kappa shape index (κ3) is 4.03. The highest BCUT2D eigenvalue weighted by molar-refractivity contribution is 7.99. The summed E-state index contributed by atoms with van der Waals surface area (Å²) in [6.45, 7) is 4.08. The number of carbonyl (C=O) groups is 1. The van der Waals surface area contributed by atoms with Crippen LogP contribution in [0.1, 0.15) is 40.6 Å². The van der Waals surface area contributed by atoms with Crippen LogP contribution in [0.3, 0.4) is 0 Å². The summed E-state index contributed by atoms with van der Waals surface area (Å²) < 4.78 is 18.6. The van der Waals surface area contributed by atoms with Crippen molar-refractivity contribution in [3.63, 3.8) is 0 Å². The van der Waals surface area contributed by atoms with Gasteiger partial charge in [-0.3, -0.25) is 4.79 Å². The molecule has 4 rings (SSSR count). The van der Waals surface area contributed by atoms with E-state index in [4.69, 9.17) is 13.9 Å². The monoisotopic (exact) mass is 413 g/mol. The van der Waals surface area contributed by atoms with Gasteiger partial charge in [0.1, 0.15) is 11.5 Å². The molecule has 1 saturated carbocycles. The van der Waals surface area contributed by atoms with E-state index >= 15 is 0 Å². The van der Waals surface area contributed by atoms with Crippen molar-refractivity contribution in [1.82, 2.24) is 14.8 Å². The largest absolute Gasteiger partial charge is 0.497 e. The molecule has 152 valence electrons. The Balaban J connectivity index is 1.46. The van der Waals surface area contributed by atoms with Crippen LogP contribution >= 0.6 is 11.8 Å². The average molecular weight is 413 g/mol.